The number of aryl methyl sites for hydroxylation is 2. The number of hydrogen-bond acceptors (Lipinski definition) is 5. The highest BCUT2D eigenvalue weighted by molar-refractivity contribution is 14.1. The van der Waals surface area contributed by atoms with Gasteiger partial charge in [-0.2, -0.15) is 5.01 Å². The average Bonchev–Trinajstić information content (AvgIpc) is 3.06. The highest BCUT2D eigenvalue weighted by Gasteiger charge is 2.34. The van der Waals surface area contributed by atoms with Crippen molar-refractivity contribution in [2.45, 2.75) is 13.8 Å². The van der Waals surface area contributed by atoms with Gasteiger partial charge in [0.05, 0.1) is 22.7 Å². The Morgan fingerprint density at radius 1 is 1.15 bits per heavy atom. The highest BCUT2D eigenvalue weighted by atomic mass is 127. The van der Waals surface area contributed by atoms with E-state index in [0.29, 0.717) is 20.7 Å². The number of methoxy groups -OCH3 is 2. The first-order valence-corrected chi connectivity index (χ1v) is 10.0. The van der Waals surface area contributed by atoms with E-state index in [4.69, 9.17) is 21.7 Å². The van der Waals surface area contributed by atoms with Crippen LogP contribution in [0.2, 0.25) is 0 Å². The van der Waals surface area contributed by atoms with Gasteiger partial charge in [-0.1, -0.05) is 11.8 Å². The molecule has 3 rings (SSSR count). The average molecular weight is 500 g/mol. The minimum Gasteiger partial charge on any atom is -0.493 e. The maximum atomic E-state index is 13.0. The molecule has 2 aromatic rings. The molecule has 0 atom stereocenters. The summed E-state index contributed by atoms with van der Waals surface area (Å²) in [6.07, 6.45) is 1.83. The minimum absolute atomic E-state index is 0.132. The lowest BCUT2D eigenvalue weighted by Gasteiger charge is -2.20. The number of thiocarbonyl (C=S) groups is 1. The third-order valence-corrected chi connectivity index (χ3v) is 6.05. The third kappa shape index (κ3) is 3.37. The highest BCUT2D eigenvalue weighted by Crippen LogP contribution is 2.37. The quantitative estimate of drug-likeness (QED) is 0.357. The number of carbonyl (C=O) groups excluding carboxylic acids is 1. The van der Waals surface area contributed by atoms with Gasteiger partial charge in [0.1, 0.15) is 0 Å². The zero-order valence-corrected chi connectivity index (χ0v) is 18.5. The molecular weight excluding hydrogens is 483 g/mol. The van der Waals surface area contributed by atoms with Crippen LogP contribution < -0.4 is 14.5 Å². The normalized spacial score (nSPS) is 15.9. The van der Waals surface area contributed by atoms with E-state index in [1.807, 2.05) is 48.9 Å². The second kappa shape index (κ2) is 7.61. The summed E-state index contributed by atoms with van der Waals surface area (Å²) < 4.78 is 14.0. The topological polar surface area (TPSA) is 43.7 Å². The summed E-state index contributed by atoms with van der Waals surface area (Å²) in [6, 6.07) is 7.73. The standard InChI is InChI=1S/C18H17IN2O3S2/c1-10-5-6-11(2)20(10)21-17(22)15(26-18(21)25)9-12-7-13(19)16(24-4)14(8-12)23-3/h5-9H,1-4H3/b15-9+. The fraction of sp³-hybridized carbons (Fsp3) is 0.222. The number of aromatic nitrogens is 1. The van der Waals surface area contributed by atoms with E-state index >= 15 is 0 Å². The molecule has 0 saturated carbocycles. The molecule has 0 aliphatic carbocycles. The number of nitrogens with zero attached hydrogens (tertiary/aromatic N) is 2. The van der Waals surface area contributed by atoms with Crippen LogP contribution in [-0.4, -0.2) is 29.1 Å². The summed E-state index contributed by atoms with van der Waals surface area (Å²) in [7, 11) is 3.20. The van der Waals surface area contributed by atoms with Crippen LogP contribution in [0.3, 0.4) is 0 Å². The van der Waals surface area contributed by atoms with Crippen molar-refractivity contribution in [1.82, 2.24) is 4.68 Å². The van der Waals surface area contributed by atoms with Gasteiger partial charge in [-0.15, -0.1) is 0 Å². The van der Waals surface area contributed by atoms with Crippen molar-refractivity contribution in [3.8, 4) is 11.5 Å². The number of amides is 1. The van der Waals surface area contributed by atoms with E-state index in [1.165, 1.54) is 11.8 Å². The summed E-state index contributed by atoms with van der Waals surface area (Å²) in [4.78, 5) is 13.5. The van der Waals surface area contributed by atoms with Crippen molar-refractivity contribution in [2.24, 2.45) is 0 Å². The molecule has 0 radical (unpaired) electrons. The second-order valence-electron chi connectivity index (χ2n) is 5.66. The van der Waals surface area contributed by atoms with Crippen LogP contribution in [0.4, 0.5) is 0 Å². The molecule has 1 aliphatic heterocycles. The lowest BCUT2D eigenvalue weighted by atomic mass is 10.2. The first kappa shape index (κ1) is 19.2. The largest absolute Gasteiger partial charge is 0.493 e. The first-order chi connectivity index (χ1) is 12.4. The van der Waals surface area contributed by atoms with Crippen molar-refractivity contribution >= 4 is 62.9 Å². The van der Waals surface area contributed by atoms with Gasteiger partial charge in [-0.3, -0.25) is 9.47 Å². The number of rotatable bonds is 4. The molecule has 1 aliphatic rings. The van der Waals surface area contributed by atoms with E-state index in [-0.39, 0.29) is 5.91 Å². The van der Waals surface area contributed by atoms with Gasteiger partial charge in [0, 0.05) is 11.4 Å². The van der Waals surface area contributed by atoms with Crippen LogP contribution in [0, 0.1) is 17.4 Å². The van der Waals surface area contributed by atoms with Gasteiger partial charge in [-0.05, 0) is 84.6 Å². The Balaban J connectivity index is 2.00. The smallest absolute Gasteiger partial charge is 0.285 e. The predicted molar refractivity (Wildman–Crippen MR) is 118 cm³/mol. The second-order valence-corrected chi connectivity index (χ2v) is 8.50. The van der Waals surface area contributed by atoms with Crippen molar-refractivity contribution < 1.29 is 14.3 Å². The molecular formula is C18H17IN2O3S2. The summed E-state index contributed by atoms with van der Waals surface area (Å²) in [5.41, 5.74) is 2.77. The zero-order chi connectivity index (χ0) is 19.0. The Bertz CT molecular complexity index is 917. The molecule has 0 bridgehead atoms. The number of thioether (sulfide) groups is 1. The Morgan fingerprint density at radius 2 is 1.81 bits per heavy atom. The molecule has 5 nitrogen and oxygen atoms in total. The zero-order valence-electron chi connectivity index (χ0n) is 14.7. The Hall–Kier alpha value is -1.52. The summed E-state index contributed by atoms with van der Waals surface area (Å²) in [5, 5.41) is 1.54. The molecule has 1 aromatic heterocycles. The maximum absolute atomic E-state index is 13.0. The molecule has 2 heterocycles. The number of ether oxygens (including phenoxy) is 2. The van der Waals surface area contributed by atoms with E-state index in [1.54, 1.807) is 19.2 Å². The number of carbonyl (C=O) groups is 1. The van der Waals surface area contributed by atoms with Gasteiger partial charge in [0.25, 0.3) is 5.91 Å². The molecule has 26 heavy (non-hydrogen) atoms. The summed E-state index contributed by atoms with van der Waals surface area (Å²) >= 11 is 8.93. The molecule has 8 heteroatoms. The fourth-order valence-electron chi connectivity index (χ4n) is 2.78. The minimum atomic E-state index is -0.132. The van der Waals surface area contributed by atoms with E-state index in [9.17, 15) is 4.79 Å². The molecule has 1 saturated heterocycles. The lowest BCUT2D eigenvalue weighted by Crippen LogP contribution is -2.39. The number of benzene rings is 1. The van der Waals surface area contributed by atoms with Crippen LogP contribution in [0.5, 0.6) is 11.5 Å². The lowest BCUT2D eigenvalue weighted by molar-refractivity contribution is -0.114. The molecule has 0 spiro atoms. The summed E-state index contributed by atoms with van der Waals surface area (Å²) in [6.45, 7) is 3.90. The van der Waals surface area contributed by atoms with Crippen molar-refractivity contribution in [3.63, 3.8) is 0 Å². The van der Waals surface area contributed by atoms with Crippen molar-refractivity contribution in [1.29, 1.82) is 0 Å². The monoisotopic (exact) mass is 500 g/mol. The maximum Gasteiger partial charge on any atom is 0.285 e. The Labute approximate surface area is 175 Å². The predicted octanol–water partition coefficient (Wildman–Crippen LogP) is 4.26. The van der Waals surface area contributed by atoms with Crippen LogP contribution in [0.15, 0.2) is 29.2 Å². The molecule has 1 fully saturated rings. The Kier molecular flexibility index (Phi) is 5.64. The van der Waals surface area contributed by atoms with Crippen LogP contribution in [-0.2, 0) is 4.79 Å². The van der Waals surface area contributed by atoms with Crippen LogP contribution >= 0.6 is 46.6 Å². The van der Waals surface area contributed by atoms with E-state index in [2.05, 4.69) is 22.6 Å². The van der Waals surface area contributed by atoms with Gasteiger partial charge in [0.15, 0.2) is 15.8 Å². The van der Waals surface area contributed by atoms with E-state index < -0.39 is 0 Å². The van der Waals surface area contributed by atoms with Crippen LogP contribution in [0.1, 0.15) is 17.0 Å². The molecule has 1 amide bonds. The molecule has 0 N–H and O–H groups in total. The first-order valence-electron chi connectivity index (χ1n) is 7.72. The van der Waals surface area contributed by atoms with Crippen molar-refractivity contribution in [2.75, 3.05) is 19.2 Å². The summed E-state index contributed by atoms with van der Waals surface area (Å²) in [5.74, 6) is 1.17. The number of hydrogen-bond donors (Lipinski definition) is 0. The van der Waals surface area contributed by atoms with Gasteiger partial charge in [-0.25, -0.2) is 0 Å². The van der Waals surface area contributed by atoms with Crippen molar-refractivity contribution in [3.05, 3.63) is 49.7 Å². The SMILES string of the molecule is COc1cc(/C=C2/SC(=S)N(n3c(C)ccc3C)C2=O)cc(I)c1OC. The molecule has 0 unspecified atom stereocenters. The van der Waals surface area contributed by atoms with Gasteiger partial charge in [0.2, 0.25) is 0 Å². The molecule has 1 aromatic carbocycles. The number of halogens is 1. The van der Waals surface area contributed by atoms with Gasteiger partial charge >= 0.3 is 0 Å². The third-order valence-electron chi connectivity index (χ3n) is 3.96. The van der Waals surface area contributed by atoms with Crippen LogP contribution in [0.25, 0.3) is 6.08 Å². The van der Waals surface area contributed by atoms with Gasteiger partial charge < -0.3 is 9.47 Å². The Morgan fingerprint density at radius 3 is 2.38 bits per heavy atom. The van der Waals surface area contributed by atoms with E-state index in [0.717, 1.165) is 20.5 Å². The fourth-order valence-corrected chi connectivity index (χ4v) is 4.87. The molecule has 136 valence electrons.